The molecular formula is C14H20BrF2N. The highest BCUT2D eigenvalue weighted by Crippen LogP contribution is 2.19. The number of aryl methyl sites for hydroxylation is 3. The minimum Gasteiger partial charge on any atom is -0.293 e. The van der Waals surface area contributed by atoms with Gasteiger partial charge in [-0.15, -0.1) is 0 Å². The summed E-state index contributed by atoms with van der Waals surface area (Å²) in [7, 11) is 0. The van der Waals surface area contributed by atoms with E-state index in [9.17, 15) is 8.78 Å². The van der Waals surface area contributed by atoms with Crippen LogP contribution in [0.3, 0.4) is 0 Å². The predicted molar refractivity (Wildman–Crippen MR) is 75.7 cm³/mol. The number of alkyl halides is 3. The van der Waals surface area contributed by atoms with Gasteiger partial charge < -0.3 is 0 Å². The van der Waals surface area contributed by atoms with E-state index in [1.165, 1.54) is 22.3 Å². The molecule has 0 heterocycles. The van der Waals surface area contributed by atoms with Gasteiger partial charge >= 0.3 is 0 Å². The summed E-state index contributed by atoms with van der Waals surface area (Å²) in [6.07, 6.45) is -2.28. The Bertz CT molecular complexity index is 370. The Morgan fingerprint density at radius 3 is 2.17 bits per heavy atom. The zero-order chi connectivity index (χ0) is 13.7. The zero-order valence-corrected chi connectivity index (χ0v) is 12.7. The molecule has 1 nitrogen and oxygen atoms in total. The van der Waals surface area contributed by atoms with Crippen LogP contribution < -0.4 is 0 Å². The van der Waals surface area contributed by atoms with Gasteiger partial charge in [0.1, 0.15) is 0 Å². The van der Waals surface area contributed by atoms with E-state index in [4.69, 9.17) is 0 Å². The molecule has 0 unspecified atom stereocenters. The number of nitrogens with zero attached hydrogens (tertiary/aromatic N) is 1. The maximum atomic E-state index is 12.5. The highest BCUT2D eigenvalue weighted by Gasteiger charge is 2.14. The molecule has 0 bridgehead atoms. The highest BCUT2D eigenvalue weighted by molar-refractivity contribution is 9.09. The number of hydrogen-bond donors (Lipinski definition) is 0. The van der Waals surface area contributed by atoms with Gasteiger partial charge in [-0.25, -0.2) is 8.78 Å². The highest BCUT2D eigenvalue weighted by atomic mass is 79.9. The molecule has 0 saturated heterocycles. The van der Waals surface area contributed by atoms with E-state index < -0.39 is 6.43 Å². The van der Waals surface area contributed by atoms with Gasteiger partial charge in [0.2, 0.25) is 0 Å². The van der Waals surface area contributed by atoms with Crippen molar-refractivity contribution in [3.8, 4) is 0 Å². The molecule has 0 spiro atoms. The van der Waals surface area contributed by atoms with Crippen molar-refractivity contribution in [3.05, 3.63) is 34.4 Å². The van der Waals surface area contributed by atoms with Crippen LogP contribution in [0.25, 0.3) is 0 Å². The average molecular weight is 320 g/mol. The van der Waals surface area contributed by atoms with Gasteiger partial charge in [0.05, 0.1) is 6.54 Å². The summed E-state index contributed by atoms with van der Waals surface area (Å²) in [5.41, 5.74) is 4.75. The van der Waals surface area contributed by atoms with E-state index in [1.54, 1.807) is 4.90 Å². The van der Waals surface area contributed by atoms with Crippen molar-refractivity contribution in [2.45, 2.75) is 33.7 Å². The fourth-order valence-corrected chi connectivity index (χ4v) is 2.73. The monoisotopic (exact) mass is 319 g/mol. The van der Waals surface area contributed by atoms with Gasteiger partial charge in [-0.1, -0.05) is 33.6 Å². The summed E-state index contributed by atoms with van der Waals surface area (Å²) in [5.74, 6) is 0. The number of hydrogen-bond acceptors (Lipinski definition) is 1. The second-order valence-corrected chi connectivity index (χ2v) is 5.49. The second kappa shape index (κ2) is 7.19. The molecule has 1 aromatic carbocycles. The van der Waals surface area contributed by atoms with E-state index in [0.717, 1.165) is 0 Å². The van der Waals surface area contributed by atoms with Gasteiger partial charge in [-0.3, -0.25) is 4.90 Å². The lowest BCUT2D eigenvalue weighted by atomic mass is 9.99. The lowest BCUT2D eigenvalue weighted by Gasteiger charge is -2.23. The first-order valence-electron chi connectivity index (χ1n) is 6.07. The van der Waals surface area contributed by atoms with Crippen molar-refractivity contribution >= 4 is 15.9 Å². The van der Waals surface area contributed by atoms with E-state index >= 15 is 0 Å². The molecule has 102 valence electrons. The Morgan fingerprint density at radius 2 is 1.72 bits per heavy atom. The van der Waals surface area contributed by atoms with Crippen LogP contribution in [0.1, 0.15) is 22.3 Å². The fourth-order valence-electron chi connectivity index (χ4n) is 2.23. The van der Waals surface area contributed by atoms with Crippen molar-refractivity contribution in [1.82, 2.24) is 4.90 Å². The Kier molecular flexibility index (Phi) is 6.22. The average Bonchev–Trinajstić information content (AvgIpc) is 2.22. The zero-order valence-electron chi connectivity index (χ0n) is 11.1. The SMILES string of the molecule is Cc1cc(C)c(CN(CCBr)CC(F)F)c(C)c1. The summed E-state index contributed by atoms with van der Waals surface area (Å²) in [6, 6.07) is 4.22. The van der Waals surface area contributed by atoms with Crippen LogP contribution in [0, 0.1) is 20.8 Å². The minimum absolute atomic E-state index is 0.168. The summed E-state index contributed by atoms with van der Waals surface area (Å²) in [4.78, 5) is 1.80. The summed E-state index contributed by atoms with van der Waals surface area (Å²) in [6.45, 7) is 7.20. The van der Waals surface area contributed by atoms with Crippen LogP contribution in [0.15, 0.2) is 12.1 Å². The molecule has 0 aliphatic carbocycles. The first-order chi connectivity index (χ1) is 8.43. The van der Waals surface area contributed by atoms with Crippen molar-refractivity contribution in [3.63, 3.8) is 0 Å². The maximum Gasteiger partial charge on any atom is 0.251 e. The van der Waals surface area contributed by atoms with Gasteiger partial charge in [-0.05, 0) is 37.5 Å². The molecule has 18 heavy (non-hydrogen) atoms. The maximum absolute atomic E-state index is 12.5. The molecule has 4 heteroatoms. The second-order valence-electron chi connectivity index (χ2n) is 4.69. The molecule has 0 aliphatic heterocycles. The molecule has 0 fully saturated rings. The quantitative estimate of drug-likeness (QED) is 0.714. The third-order valence-electron chi connectivity index (χ3n) is 3.02. The number of benzene rings is 1. The number of rotatable bonds is 6. The van der Waals surface area contributed by atoms with Crippen LogP contribution >= 0.6 is 15.9 Å². The lowest BCUT2D eigenvalue weighted by Crippen LogP contribution is -2.30. The van der Waals surface area contributed by atoms with Crippen molar-refractivity contribution in [1.29, 1.82) is 0 Å². The topological polar surface area (TPSA) is 3.24 Å². The molecule has 0 atom stereocenters. The standard InChI is InChI=1S/C14H20BrF2N/c1-10-6-11(2)13(12(3)7-10)8-18(5-4-15)9-14(16)17/h6-7,14H,4-5,8-9H2,1-3H3. The van der Waals surface area contributed by atoms with Gasteiger partial charge in [0.15, 0.2) is 0 Å². The van der Waals surface area contributed by atoms with Crippen LogP contribution in [0.5, 0.6) is 0 Å². The molecule has 1 aromatic rings. The summed E-state index contributed by atoms with van der Waals surface area (Å²) in [5, 5.41) is 0.712. The van der Waals surface area contributed by atoms with Gasteiger partial charge in [-0.2, -0.15) is 0 Å². The van der Waals surface area contributed by atoms with Crippen LogP contribution in [-0.4, -0.2) is 29.7 Å². The number of halogens is 3. The van der Waals surface area contributed by atoms with E-state index in [0.29, 0.717) is 18.4 Å². The molecule has 1 rings (SSSR count). The third kappa shape index (κ3) is 4.65. The van der Waals surface area contributed by atoms with Crippen molar-refractivity contribution < 1.29 is 8.78 Å². The molecule has 0 N–H and O–H groups in total. The Labute approximate surface area is 116 Å². The van der Waals surface area contributed by atoms with E-state index in [2.05, 4.69) is 35.0 Å². The van der Waals surface area contributed by atoms with E-state index in [-0.39, 0.29) is 6.54 Å². The minimum atomic E-state index is -2.28. The molecular weight excluding hydrogens is 300 g/mol. The fraction of sp³-hybridized carbons (Fsp3) is 0.571. The molecule has 0 aliphatic rings. The first kappa shape index (κ1) is 15.6. The summed E-state index contributed by atoms with van der Waals surface area (Å²) >= 11 is 3.32. The smallest absolute Gasteiger partial charge is 0.251 e. The predicted octanol–water partition coefficient (Wildman–Crippen LogP) is 4.07. The molecule has 0 aromatic heterocycles. The third-order valence-corrected chi connectivity index (χ3v) is 3.37. The van der Waals surface area contributed by atoms with Crippen LogP contribution in [-0.2, 0) is 6.54 Å². The Balaban J connectivity index is 2.86. The largest absolute Gasteiger partial charge is 0.293 e. The molecule has 0 amide bonds. The van der Waals surface area contributed by atoms with Crippen molar-refractivity contribution in [2.24, 2.45) is 0 Å². The van der Waals surface area contributed by atoms with Gasteiger partial charge in [0.25, 0.3) is 6.43 Å². The Hall–Kier alpha value is -0.480. The molecule has 0 radical (unpaired) electrons. The van der Waals surface area contributed by atoms with Crippen molar-refractivity contribution in [2.75, 3.05) is 18.4 Å². The molecule has 0 saturated carbocycles. The normalized spacial score (nSPS) is 11.6. The van der Waals surface area contributed by atoms with Gasteiger partial charge in [0, 0.05) is 18.4 Å². The Morgan fingerprint density at radius 1 is 1.17 bits per heavy atom. The van der Waals surface area contributed by atoms with Crippen LogP contribution in [0.4, 0.5) is 8.78 Å². The van der Waals surface area contributed by atoms with Crippen LogP contribution in [0.2, 0.25) is 0 Å². The lowest BCUT2D eigenvalue weighted by molar-refractivity contribution is 0.0879. The van der Waals surface area contributed by atoms with E-state index in [1.807, 2.05) is 13.8 Å². The summed E-state index contributed by atoms with van der Waals surface area (Å²) < 4.78 is 25.0. The first-order valence-corrected chi connectivity index (χ1v) is 7.19.